The molecule has 1 heterocycles. The predicted octanol–water partition coefficient (Wildman–Crippen LogP) is 1.20. The van der Waals surface area contributed by atoms with Gasteiger partial charge in [0.2, 0.25) is 12.3 Å². The molecule has 1 fully saturated rings. The molecule has 24 heavy (non-hydrogen) atoms. The highest BCUT2D eigenvalue weighted by molar-refractivity contribution is 8.00. The highest BCUT2D eigenvalue weighted by Crippen LogP contribution is 2.37. The number of hydrogen-bond donors (Lipinski definition) is 1. The van der Waals surface area contributed by atoms with E-state index in [0.29, 0.717) is 18.6 Å². The topological polar surface area (TPSA) is 75.7 Å². The van der Waals surface area contributed by atoms with Crippen LogP contribution in [0.2, 0.25) is 0 Å². The average Bonchev–Trinajstić information content (AvgIpc) is 2.88. The van der Waals surface area contributed by atoms with Crippen LogP contribution in [-0.4, -0.2) is 53.0 Å². The van der Waals surface area contributed by atoms with Crippen molar-refractivity contribution in [3.05, 3.63) is 35.9 Å². The molecule has 0 bridgehead atoms. The van der Waals surface area contributed by atoms with Crippen molar-refractivity contribution < 1.29 is 19.1 Å². The Morgan fingerprint density at radius 1 is 1.42 bits per heavy atom. The molecule has 2 amide bonds. The van der Waals surface area contributed by atoms with E-state index in [9.17, 15) is 14.4 Å². The first-order valence-corrected chi connectivity index (χ1v) is 8.67. The maximum absolute atomic E-state index is 12.6. The number of nitrogens with one attached hydrogen (secondary N) is 1. The van der Waals surface area contributed by atoms with Crippen LogP contribution >= 0.6 is 11.8 Å². The molecule has 1 aliphatic heterocycles. The SMILES string of the molecule is COC(=O)[C@@H](Cc1ccccc1)NC(=O)[C@@H]1CSC(C)(C)N1C=O. The van der Waals surface area contributed by atoms with E-state index in [0.717, 1.165) is 5.56 Å². The zero-order valence-corrected chi connectivity index (χ0v) is 14.8. The van der Waals surface area contributed by atoms with Gasteiger partial charge in [-0.15, -0.1) is 11.8 Å². The van der Waals surface area contributed by atoms with E-state index >= 15 is 0 Å². The van der Waals surface area contributed by atoms with Crippen molar-refractivity contribution in [1.29, 1.82) is 0 Å². The van der Waals surface area contributed by atoms with E-state index in [1.54, 1.807) is 0 Å². The summed E-state index contributed by atoms with van der Waals surface area (Å²) in [5, 5.41) is 2.73. The minimum Gasteiger partial charge on any atom is -0.467 e. The summed E-state index contributed by atoms with van der Waals surface area (Å²) < 4.78 is 4.80. The van der Waals surface area contributed by atoms with Crippen LogP contribution < -0.4 is 5.32 Å². The fraction of sp³-hybridized carbons (Fsp3) is 0.471. The molecular weight excluding hydrogens is 328 g/mol. The number of carbonyl (C=O) groups excluding carboxylic acids is 3. The minimum atomic E-state index is -0.785. The Hall–Kier alpha value is -2.02. The van der Waals surface area contributed by atoms with Gasteiger partial charge in [-0.2, -0.15) is 0 Å². The lowest BCUT2D eigenvalue weighted by atomic mass is 10.1. The van der Waals surface area contributed by atoms with Crippen LogP contribution in [0.4, 0.5) is 0 Å². The molecule has 0 unspecified atom stereocenters. The molecule has 7 heteroatoms. The molecule has 130 valence electrons. The number of amides is 2. The molecule has 1 aromatic carbocycles. The fourth-order valence-corrected chi connectivity index (χ4v) is 3.87. The Bertz CT molecular complexity index is 606. The molecule has 0 aromatic heterocycles. The summed E-state index contributed by atoms with van der Waals surface area (Å²) in [4.78, 5) is 37.0. The van der Waals surface area contributed by atoms with Gasteiger partial charge >= 0.3 is 5.97 Å². The third kappa shape index (κ3) is 4.08. The number of thioether (sulfide) groups is 1. The minimum absolute atomic E-state index is 0.337. The molecule has 0 radical (unpaired) electrons. The molecule has 1 aromatic rings. The van der Waals surface area contributed by atoms with Crippen molar-refractivity contribution in [2.75, 3.05) is 12.9 Å². The first kappa shape index (κ1) is 18.3. The highest BCUT2D eigenvalue weighted by Gasteiger charge is 2.43. The third-order valence-corrected chi connectivity index (χ3v) is 5.45. The zero-order chi connectivity index (χ0) is 17.7. The molecule has 2 rings (SSSR count). The van der Waals surface area contributed by atoms with Crippen molar-refractivity contribution in [2.45, 2.75) is 37.2 Å². The smallest absolute Gasteiger partial charge is 0.328 e. The van der Waals surface area contributed by atoms with Crippen molar-refractivity contribution in [1.82, 2.24) is 10.2 Å². The van der Waals surface area contributed by atoms with Crippen LogP contribution in [0.1, 0.15) is 19.4 Å². The largest absolute Gasteiger partial charge is 0.467 e. The molecule has 0 aliphatic carbocycles. The second-order valence-corrected chi connectivity index (χ2v) is 7.68. The first-order valence-electron chi connectivity index (χ1n) is 7.69. The van der Waals surface area contributed by atoms with Crippen molar-refractivity contribution in [3.8, 4) is 0 Å². The van der Waals surface area contributed by atoms with Crippen LogP contribution in [-0.2, 0) is 25.5 Å². The monoisotopic (exact) mass is 350 g/mol. The number of ether oxygens (including phenoxy) is 1. The van der Waals surface area contributed by atoms with Crippen LogP contribution in [0.15, 0.2) is 30.3 Å². The fourth-order valence-electron chi connectivity index (χ4n) is 2.67. The van der Waals surface area contributed by atoms with Gasteiger partial charge in [0.05, 0.1) is 12.0 Å². The Labute approximate surface area is 145 Å². The lowest BCUT2D eigenvalue weighted by Gasteiger charge is -2.30. The molecule has 1 saturated heterocycles. The summed E-state index contributed by atoms with van der Waals surface area (Å²) in [7, 11) is 1.29. The molecule has 0 saturated carbocycles. The van der Waals surface area contributed by atoms with E-state index in [-0.39, 0.29) is 5.91 Å². The molecule has 1 N–H and O–H groups in total. The standard InChI is InChI=1S/C17H22N2O4S/c1-17(2)19(11-20)14(10-24-17)15(21)18-13(16(22)23-3)9-12-7-5-4-6-8-12/h4-8,11,13-14H,9-10H2,1-3H3,(H,18,21)/t13-,14+/m1/s1. The predicted molar refractivity (Wildman–Crippen MR) is 92.3 cm³/mol. The first-order chi connectivity index (χ1) is 11.4. The summed E-state index contributed by atoms with van der Waals surface area (Å²) in [5.41, 5.74) is 0.918. The van der Waals surface area contributed by atoms with Crippen LogP contribution in [0, 0.1) is 0 Å². The van der Waals surface area contributed by atoms with Gasteiger partial charge in [-0.05, 0) is 19.4 Å². The summed E-state index contributed by atoms with van der Waals surface area (Å²) in [6.07, 6.45) is 1.03. The number of benzene rings is 1. The van der Waals surface area contributed by atoms with Crippen LogP contribution in [0.3, 0.4) is 0 Å². The lowest BCUT2D eigenvalue weighted by molar-refractivity contribution is -0.146. The van der Waals surface area contributed by atoms with Gasteiger partial charge in [0, 0.05) is 12.2 Å². The molecule has 1 aliphatic rings. The number of esters is 1. The van der Waals surface area contributed by atoms with Gasteiger partial charge in [0.1, 0.15) is 12.1 Å². The Kier molecular flexibility index (Phi) is 5.88. The molecule has 0 spiro atoms. The van der Waals surface area contributed by atoms with Gasteiger partial charge in [0.25, 0.3) is 0 Å². The Balaban J connectivity index is 2.10. The van der Waals surface area contributed by atoms with E-state index in [2.05, 4.69) is 5.32 Å². The molecule has 6 nitrogen and oxygen atoms in total. The van der Waals surface area contributed by atoms with Gasteiger partial charge < -0.3 is 15.0 Å². The summed E-state index contributed by atoms with van der Waals surface area (Å²) in [6.45, 7) is 3.78. The quantitative estimate of drug-likeness (QED) is 0.616. The summed E-state index contributed by atoms with van der Waals surface area (Å²) >= 11 is 1.53. The normalized spacial score (nSPS) is 20.3. The van der Waals surface area contributed by atoms with Gasteiger partial charge in [-0.1, -0.05) is 30.3 Å². The number of rotatable bonds is 6. The molecular formula is C17H22N2O4S. The number of hydrogen-bond acceptors (Lipinski definition) is 5. The lowest BCUT2D eigenvalue weighted by Crippen LogP contribution is -2.53. The second-order valence-electron chi connectivity index (χ2n) is 6.06. The number of nitrogens with zero attached hydrogens (tertiary/aromatic N) is 1. The summed E-state index contributed by atoms with van der Waals surface area (Å²) in [5.74, 6) is -0.349. The van der Waals surface area contributed by atoms with E-state index < -0.39 is 22.9 Å². The highest BCUT2D eigenvalue weighted by atomic mass is 32.2. The van der Waals surface area contributed by atoms with Crippen LogP contribution in [0.25, 0.3) is 0 Å². The summed E-state index contributed by atoms with van der Waals surface area (Å²) in [6, 6.07) is 8.01. The third-order valence-electron chi connectivity index (χ3n) is 4.05. The van der Waals surface area contributed by atoms with E-state index in [1.807, 2.05) is 44.2 Å². The Morgan fingerprint density at radius 3 is 2.67 bits per heavy atom. The van der Waals surface area contributed by atoms with Crippen molar-refractivity contribution in [3.63, 3.8) is 0 Å². The second kappa shape index (κ2) is 7.70. The maximum Gasteiger partial charge on any atom is 0.328 e. The van der Waals surface area contributed by atoms with Crippen molar-refractivity contribution in [2.24, 2.45) is 0 Å². The van der Waals surface area contributed by atoms with Crippen molar-refractivity contribution >= 4 is 30.0 Å². The van der Waals surface area contributed by atoms with Crippen LogP contribution in [0.5, 0.6) is 0 Å². The van der Waals surface area contributed by atoms with Gasteiger partial charge in [-0.25, -0.2) is 4.79 Å². The zero-order valence-electron chi connectivity index (χ0n) is 14.0. The van der Waals surface area contributed by atoms with Gasteiger partial charge in [0.15, 0.2) is 0 Å². The Morgan fingerprint density at radius 2 is 2.08 bits per heavy atom. The molecule has 2 atom stereocenters. The van der Waals surface area contributed by atoms with E-state index in [4.69, 9.17) is 4.74 Å². The number of carbonyl (C=O) groups is 3. The number of methoxy groups -OCH3 is 1. The van der Waals surface area contributed by atoms with E-state index in [1.165, 1.54) is 23.8 Å². The average molecular weight is 350 g/mol. The van der Waals surface area contributed by atoms with Gasteiger partial charge in [-0.3, -0.25) is 9.59 Å². The maximum atomic E-state index is 12.6.